The summed E-state index contributed by atoms with van der Waals surface area (Å²) in [5, 5.41) is 36.5. The first-order valence-electron chi connectivity index (χ1n) is 18.0. The number of fused-ring (bicyclic) bond motifs is 2. The minimum Gasteiger partial charge on any atom is -0.354 e. The van der Waals surface area contributed by atoms with Gasteiger partial charge in [0.2, 0.25) is 21.9 Å². The van der Waals surface area contributed by atoms with E-state index in [2.05, 4.69) is 57.8 Å². The van der Waals surface area contributed by atoms with Crippen LogP contribution in [0.2, 0.25) is 0 Å². The van der Waals surface area contributed by atoms with Crippen molar-refractivity contribution in [1.82, 2.24) is 39.7 Å². The van der Waals surface area contributed by atoms with E-state index in [0.29, 0.717) is 41.3 Å². The van der Waals surface area contributed by atoms with Crippen LogP contribution in [0.4, 0.5) is 11.9 Å². The fraction of sp³-hybridized carbons (Fsp3) is 0.175. The number of anilines is 2. The van der Waals surface area contributed by atoms with Crippen LogP contribution in [0.5, 0.6) is 0 Å². The van der Waals surface area contributed by atoms with Gasteiger partial charge in [0.15, 0.2) is 0 Å². The summed E-state index contributed by atoms with van der Waals surface area (Å²) in [4.78, 5) is 26.8. The highest BCUT2D eigenvalue weighted by molar-refractivity contribution is 7.89. The maximum absolute atomic E-state index is 11.3. The van der Waals surface area contributed by atoms with Crippen molar-refractivity contribution < 1.29 is 8.42 Å². The van der Waals surface area contributed by atoms with Gasteiger partial charge in [0.1, 0.15) is 21.9 Å². The third-order valence-electron chi connectivity index (χ3n) is 8.67. The standard InChI is InChI=1S/C21H18N6O2S2.C19H17N7S/c22-13-16(20-26-18-3-1-2-4-19(18)30-20)17-10-12-25-21(27-17)24-11-9-14-5-7-15(8-6-14)31(23,28)29;20-13-14(18-24-16-5-1-2-6-17(16)27-18)15-7-10-22-19(25-15)21-8-3-11-26-12-4-9-23-26/h1-8,10,12,16H,9,11H2,(H2,23,28,29)(H,24,25,27);1-2,4-7,9-10,12,14H,3,8,11H2,(H,21,22,25). The number of nitrogens with one attached hydrogen (secondary N) is 2. The van der Waals surface area contributed by atoms with Crippen molar-refractivity contribution in [1.29, 1.82) is 10.5 Å². The van der Waals surface area contributed by atoms with Crippen LogP contribution in [0.15, 0.2) is 121 Å². The van der Waals surface area contributed by atoms with Gasteiger partial charge in [-0.15, -0.1) is 22.7 Å². The van der Waals surface area contributed by atoms with E-state index in [1.807, 2.05) is 65.5 Å². The molecular formula is C40H35N13O2S3. The van der Waals surface area contributed by atoms with E-state index in [0.717, 1.165) is 50.5 Å². The molecular weight excluding hydrogens is 791 g/mol. The van der Waals surface area contributed by atoms with Crippen LogP contribution in [0.25, 0.3) is 20.4 Å². The predicted octanol–water partition coefficient (Wildman–Crippen LogP) is 6.48. The fourth-order valence-electron chi connectivity index (χ4n) is 5.80. The summed E-state index contributed by atoms with van der Waals surface area (Å²) in [6, 6.07) is 32.1. The number of para-hydroxylation sites is 2. The molecule has 290 valence electrons. The molecule has 0 saturated heterocycles. The number of aromatic nitrogens is 8. The van der Waals surface area contributed by atoms with Crippen molar-refractivity contribution in [2.45, 2.75) is 36.1 Å². The van der Waals surface area contributed by atoms with Gasteiger partial charge in [-0.25, -0.2) is 43.5 Å². The second kappa shape index (κ2) is 18.5. The van der Waals surface area contributed by atoms with Crippen LogP contribution in [0.3, 0.4) is 0 Å². The number of sulfonamides is 1. The first-order valence-corrected chi connectivity index (χ1v) is 21.2. The summed E-state index contributed by atoms with van der Waals surface area (Å²) < 4.78 is 26.6. The summed E-state index contributed by atoms with van der Waals surface area (Å²) in [6.07, 6.45) is 8.53. The number of rotatable bonds is 14. The van der Waals surface area contributed by atoms with Crippen LogP contribution in [-0.4, -0.2) is 61.2 Å². The smallest absolute Gasteiger partial charge is 0.238 e. The zero-order valence-corrected chi connectivity index (χ0v) is 33.2. The molecule has 5 heterocycles. The lowest BCUT2D eigenvalue weighted by Gasteiger charge is -2.09. The van der Waals surface area contributed by atoms with Gasteiger partial charge in [-0.2, -0.15) is 15.6 Å². The highest BCUT2D eigenvalue weighted by atomic mass is 32.2. The average molecular weight is 826 g/mol. The molecule has 0 fully saturated rings. The van der Waals surface area contributed by atoms with E-state index in [-0.39, 0.29) is 4.90 Å². The lowest BCUT2D eigenvalue weighted by atomic mass is 10.1. The molecule has 0 spiro atoms. The predicted molar refractivity (Wildman–Crippen MR) is 224 cm³/mol. The molecule has 18 heteroatoms. The highest BCUT2D eigenvalue weighted by Gasteiger charge is 2.21. The maximum atomic E-state index is 11.3. The molecule has 3 aromatic carbocycles. The van der Waals surface area contributed by atoms with Crippen molar-refractivity contribution in [3.05, 3.63) is 143 Å². The Kier molecular flexibility index (Phi) is 12.6. The number of benzene rings is 3. The molecule has 8 rings (SSSR count). The van der Waals surface area contributed by atoms with Gasteiger partial charge >= 0.3 is 0 Å². The zero-order valence-electron chi connectivity index (χ0n) is 30.8. The first kappa shape index (κ1) is 39.5. The summed E-state index contributed by atoms with van der Waals surface area (Å²) in [7, 11) is -3.70. The first-order chi connectivity index (χ1) is 28.3. The molecule has 0 aliphatic carbocycles. The van der Waals surface area contributed by atoms with E-state index in [1.54, 1.807) is 42.9 Å². The number of hydrogen-bond acceptors (Lipinski definition) is 15. The lowest BCUT2D eigenvalue weighted by Crippen LogP contribution is -2.12. The summed E-state index contributed by atoms with van der Waals surface area (Å²) in [5.41, 5.74) is 3.95. The zero-order chi connectivity index (χ0) is 40.3. The van der Waals surface area contributed by atoms with Gasteiger partial charge < -0.3 is 10.6 Å². The van der Waals surface area contributed by atoms with Crippen molar-refractivity contribution >= 4 is 65.0 Å². The van der Waals surface area contributed by atoms with Crippen molar-refractivity contribution in [3.8, 4) is 12.1 Å². The second-order valence-corrected chi connectivity index (χ2v) is 16.4. The molecule has 0 amide bonds. The quantitative estimate of drug-likeness (QED) is 0.0999. The molecule has 2 atom stereocenters. The number of aryl methyl sites for hydroxylation is 1. The van der Waals surface area contributed by atoms with Gasteiger partial charge in [-0.05, 0) is 73.0 Å². The third kappa shape index (κ3) is 9.99. The Labute approximate surface area is 342 Å². The van der Waals surface area contributed by atoms with Gasteiger partial charge in [0.05, 0.1) is 48.9 Å². The molecule has 2 unspecified atom stereocenters. The van der Waals surface area contributed by atoms with Crippen LogP contribution in [0.1, 0.15) is 45.2 Å². The van der Waals surface area contributed by atoms with Gasteiger partial charge in [0, 0.05) is 44.4 Å². The molecule has 0 bridgehead atoms. The topological polar surface area (TPSA) is 227 Å². The molecule has 0 radical (unpaired) electrons. The number of hydrogen-bond donors (Lipinski definition) is 3. The number of primary sulfonamides is 1. The van der Waals surface area contributed by atoms with Crippen molar-refractivity contribution in [2.24, 2.45) is 5.14 Å². The molecule has 58 heavy (non-hydrogen) atoms. The van der Waals surface area contributed by atoms with Crippen LogP contribution >= 0.6 is 22.7 Å². The normalized spacial score (nSPS) is 12.2. The molecule has 5 aromatic heterocycles. The van der Waals surface area contributed by atoms with Gasteiger partial charge in [0.25, 0.3) is 0 Å². The average Bonchev–Trinajstić information content (AvgIpc) is 4.01. The minimum absolute atomic E-state index is 0.0811. The third-order valence-corrected chi connectivity index (χ3v) is 11.8. The second-order valence-electron chi connectivity index (χ2n) is 12.7. The molecule has 0 aliphatic heterocycles. The summed E-state index contributed by atoms with van der Waals surface area (Å²) in [5.74, 6) is -0.143. The molecule has 8 aromatic rings. The van der Waals surface area contributed by atoms with Crippen molar-refractivity contribution in [2.75, 3.05) is 23.7 Å². The molecule has 15 nitrogen and oxygen atoms in total. The van der Waals surface area contributed by atoms with E-state index >= 15 is 0 Å². The largest absolute Gasteiger partial charge is 0.354 e. The Hall–Kier alpha value is -6.70. The summed E-state index contributed by atoms with van der Waals surface area (Å²) >= 11 is 3.01. The Morgan fingerprint density at radius 1 is 0.690 bits per heavy atom. The van der Waals surface area contributed by atoms with Crippen LogP contribution in [0, 0.1) is 22.7 Å². The fourth-order valence-corrected chi connectivity index (χ4v) is 8.36. The highest BCUT2D eigenvalue weighted by Crippen LogP contribution is 2.32. The molecule has 0 aliphatic rings. The SMILES string of the molecule is N#CC(c1ccnc(NCCCn2cccn2)n1)c1nc2ccccc2s1.N#CC(c1ccnc(NCCc2ccc(S(N)(=O)=O)cc2)n1)c1nc2ccccc2s1. The van der Waals surface area contributed by atoms with Crippen LogP contribution in [-0.2, 0) is 23.0 Å². The number of nitriles is 2. The Bertz CT molecular complexity index is 2750. The van der Waals surface area contributed by atoms with Crippen LogP contribution < -0.4 is 15.8 Å². The monoisotopic (exact) mass is 825 g/mol. The Morgan fingerprint density at radius 2 is 1.24 bits per heavy atom. The maximum Gasteiger partial charge on any atom is 0.238 e. The lowest BCUT2D eigenvalue weighted by molar-refractivity contribution is 0.591. The summed E-state index contributed by atoms with van der Waals surface area (Å²) in [6.45, 7) is 2.09. The van der Waals surface area contributed by atoms with Gasteiger partial charge in [-0.1, -0.05) is 36.4 Å². The van der Waals surface area contributed by atoms with E-state index in [9.17, 15) is 18.9 Å². The number of thiazole rings is 2. The van der Waals surface area contributed by atoms with E-state index in [1.165, 1.54) is 34.8 Å². The van der Waals surface area contributed by atoms with E-state index < -0.39 is 21.9 Å². The van der Waals surface area contributed by atoms with Crippen molar-refractivity contribution in [3.63, 3.8) is 0 Å². The molecule has 4 N–H and O–H groups in total. The van der Waals surface area contributed by atoms with E-state index in [4.69, 9.17) is 5.14 Å². The molecule has 0 saturated carbocycles. The van der Waals surface area contributed by atoms with Gasteiger partial charge in [-0.3, -0.25) is 4.68 Å². The Balaban J connectivity index is 0.000000178. The number of nitrogens with zero attached hydrogens (tertiary/aromatic N) is 10. The minimum atomic E-state index is -3.70. The Morgan fingerprint density at radius 3 is 1.74 bits per heavy atom. The number of nitrogens with two attached hydrogens (primary N) is 1.